The molecule has 158 valence electrons. The molecule has 1 heterocycles. The molecule has 5 nitrogen and oxygen atoms in total. The monoisotopic (exact) mass is 415 g/mol. The molecule has 2 rings (SSSR count). The third-order valence-electron chi connectivity index (χ3n) is 4.59. The predicted molar refractivity (Wildman–Crippen MR) is 121 cm³/mol. The fraction of sp³-hybridized carbons (Fsp3) is 0.522. The van der Waals surface area contributed by atoms with Crippen molar-refractivity contribution in [1.82, 2.24) is 9.88 Å². The molecule has 0 aliphatic rings. The summed E-state index contributed by atoms with van der Waals surface area (Å²) in [7, 11) is 0. The van der Waals surface area contributed by atoms with E-state index in [2.05, 4.69) is 31.1 Å². The Morgan fingerprint density at radius 1 is 1.10 bits per heavy atom. The van der Waals surface area contributed by atoms with Gasteiger partial charge in [-0.05, 0) is 12.3 Å². The molecule has 0 aliphatic heterocycles. The third kappa shape index (κ3) is 8.36. The lowest BCUT2D eigenvalue weighted by Gasteiger charge is -2.24. The zero-order chi connectivity index (χ0) is 21.1. The number of nitrogens with zero attached hydrogens (tertiary/aromatic N) is 2. The van der Waals surface area contributed by atoms with E-state index in [1.807, 2.05) is 35.7 Å². The fourth-order valence-corrected chi connectivity index (χ4v) is 3.87. The SMILES string of the molecule is CCCCCCCC(=O)N(CC(=O)Nc1nc(-c2ccccc2)cs1)CC(C)C. The minimum Gasteiger partial charge on any atom is -0.333 e. The summed E-state index contributed by atoms with van der Waals surface area (Å²) >= 11 is 1.40. The molecule has 0 unspecified atom stereocenters. The number of amides is 2. The van der Waals surface area contributed by atoms with Gasteiger partial charge in [0.25, 0.3) is 0 Å². The van der Waals surface area contributed by atoms with Crippen LogP contribution < -0.4 is 5.32 Å². The summed E-state index contributed by atoms with van der Waals surface area (Å²) in [5, 5.41) is 5.34. The van der Waals surface area contributed by atoms with Gasteiger partial charge in [-0.15, -0.1) is 11.3 Å². The van der Waals surface area contributed by atoms with Crippen LogP contribution in [0.15, 0.2) is 35.7 Å². The Bertz CT molecular complexity index is 758. The summed E-state index contributed by atoms with van der Waals surface area (Å²) in [6.45, 7) is 6.97. The number of carbonyl (C=O) groups is 2. The average Bonchev–Trinajstić information content (AvgIpc) is 3.16. The maximum atomic E-state index is 12.6. The van der Waals surface area contributed by atoms with Crippen LogP contribution in [0, 0.1) is 5.92 Å². The van der Waals surface area contributed by atoms with Crippen LogP contribution in [0.3, 0.4) is 0 Å². The molecule has 1 aromatic heterocycles. The Balaban J connectivity index is 1.88. The molecule has 0 fully saturated rings. The van der Waals surface area contributed by atoms with Crippen molar-refractivity contribution in [3.63, 3.8) is 0 Å². The zero-order valence-electron chi connectivity index (χ0n) is 17.8. The van der Waals surface area contributed by atoms with Crippen LogP contribution in [-0.4, -0.2) is 34.8 Å². The third-order valence-corrected chi connectivity index (χ3v) is 5.34. The lowest BCUT2D eigenvalue weighted by Crippen LogP contribution is -2.40. The fourth-order valence-electron chi connectivity index (χ4n) is 3.14. The summed E-state index contributed by atoms with van der Waals surface area (Å²) < 4.78 is 0. The van der Waals surface area contributed by atoms with Crippen LogP contribution in [0.4, 0.5) is 5.13 Å². The van der Waals surface area contributed by atoms with Crippen molar-refractivity contribution >= 4 is 28.3 Å². The summed E-state index contributed by atoms with van der Waals surface area (Å²) in [6, 6.07) is 9.87. The van der Waals surface area contributed by atoms with Gasteiger partial charge in [0.1, 0.15) is 0 Å². The highest BCUT2D eigenvalue weighted by Gasteiger charge is 2.19. The molecule has 6 heteroatoms. The molecule has 0 bridgehead atoms. The van der Waals surface area contributed by atoms with E-state index in [1.165, 1.54) is 30.6 Å². The first kappa shape index (κ1) is 23.1. The van der Waals surface area contributed by atoms with Crippen molar-refractivity contribution in [3.05, 3.63) is 35.7 Å². The largest absolute Gasteiger partial charge is 0.333 e. The minimum absolute atomic E-state index is 0.0643. The molecule has 0 saturated carbocycles. The molecule has 0 spiro atoms. The van der Waals surface area contributed by atoms with Gasteiger partial charge in [-0.25, -0.2) is 4.98 Å². The molecular weight excluding hydrogens is 382 g/mol. The lowest BCUT2D eigenvalue weighted by atomic mass is 10.1. The second kappa shape index (κ2) is 12.4. The van der Waals surface area contributed by atoms with Crippen molar-refractivity contribution in [3.8, 4) is 11.3 Å². The Morgan fingerprint density at radius 2 is 1.83 bits per heavy atom. The molecule has 1 aromatic carbocycles. The number of carbonyl (C=O) groups excluding carboxylic acids is 2. The first-order valence-corrected chi connectivity index (χ1v) is 11.5. The van der Waals surface area contributed by atoms with E-state index in [-0.39, 0.29) is 18.4 Å². The molecule has 29 heavy (non-hydrogen) atoms. The van der Waals surface area contributed by atoms with E-state index >= 15 is 0 Å². The molecule has 1 N–H and O–H groups in total. The van der Waals surface area contributed by atoms with Crippen molar-refractivity contribution in [2.75, 3.05) is 18.4 Å². The van der Waals surface area contributed by atoms with E-state index < -0.39 is 0 Å². The number of anilines is 1. The van der Waals surface area contributed by atoms with Crippen LogP contribution in [0.2, 0.25) is 0 Å². The van der Waals surface area contributed by atoms with Gasteiger partial charge in [0.2, 0.25) is 11.8 Å². The maximum absolute atomic E-state index is 12.6. The number of nitrogens with one attached hydrogen (secondary N) is 1. The van der Waals surface area contributed by atoms with Crippen LogP contribution in [0.5, 0.6) is 0 Å². The Morgan fingerprint density at radius 3 is 2.52 bits per heavy atom. The quantitative estimate of drug-likeness (QED) is 0.459. The molecule has 0 atom stereocenters. The zero-order valence-corrected chi connectivity index (χ0v) is 18.6. The van der Waals surface area contributed by atoms with Crippen molar-refractivity contribution in [2.45, 2.75) is 59.3 Å². The molecule has 2 aromatic rings. The van der Waals surface area contributed by atoms with E-state index in [0.717, 1.165) is 24.1 Å². The molecule has 0 aliphatic carbocycles. The second-order valence-electron chi connectivity index (χ2n) is 7.78. The summed E-state index contributed by atoms with van der Waals surface area (Å²) in [5.41, 5.74) is 1.86. The van der Waals surface area contributed by atoms with Crippen LogP contribution in [0.1, 0.15) is 59.3 Å². The van der Waals surface area contributed by atoms with E-state index in [1.54, 1.807) is 4.90 Å². The number of rotatable bonds is 12. The molecule has 0 radical (unpaired) electrons. The Labute approximate surface area is 178 Å². The Hall–Kier alpha value is -2.21. The highest BCUT2D eigenvalue weighted by molar-refractivity contribution is 7.14. The first-order valence-electron chi connectivity index (χ1n) is 10.6. The highest BCUT2D eigenvalue weighted by atomic mass is 32.1. The number of hydrogen-bond donors (Lipinski definition) is 1. The second-order valence-corrected chi connectivity index (χ2v) is 8.64. The van der Waals surface area contributed by atoms with Gasteiger partial charge in [-0.2, -0.15) is 0 Å². The first-order chi connectivity index (χ1) is 14.0. The van der Waals surface area contributed by atoms with Crippen molar-refractivity contribution in [2.24, 2.45) is 5.92 Å². The number of aromatic nitrogens is 1. The molecule has 0 saturated heterocycles. The summed E-state index contributed by atoms with van der Waals surface area (Å²) in [6.07, 6.45) is 6.05. The minimum atomic E-state index is -0.195. The topological polar surface area (TPSA) is 62.3 Å². The Kier molecular flexibility index (Phi) is 9.84. The smallest absolute Gasteiger partial charge is 0.245 e. The van der Waals surface area contributed by atoms with Crippen molar-refractivity contribution in [1.29, 1.82) is 0 Å². The van der Waals surface area contributed by atoms with Crippen molar-refractivity contribution < 1.29 is 9.59 Å². The van der Waals surface area contributed by atoms with E-state index in [0.29, 0.717) is 24.0 Å². The molecule has 2 amide bonds. The number of benzene rings is 1. The van der Waals surface area contributed by atoms with Crippen LogP contribution in [0.25, 0.3) is 11.3 Å². The van der Waals surface area contributed by atoms with Gasteiger partial charge in [0.15, 0.2) is 5.13 Å². The van der Waals surface area contributed by atoms with Gasteiger partial charge in [-0.3, -0.25) is 9.59 Å². The van der Waals surface area contributed by atoms with Gasteiger partial charge in [0, 0.05) is 23.9 Å². The summed E-state index contributed by atoms with van der Waals surface area (Å²) in [4.78, 5) is 31.3. The number of thiazole rings is 1. The van der Waals surface area contributed by atoms with E-state index in [4.69, 9.17) is 0 Å². The lowest BCUT2D eigenvalue weighted by molar-refractivity contribution is -0.135. The van der Waals surface area contributed by atoms with Crippen LogP contribution >= 0.6 is 11.3 Å². The van der Waals surface area contributed by atoms with Gasteiger partial charge in [0.05, 0.1) is 12.2 Å². The van der Waals surface area contributed by atoms with Gasteiger partial charge in [-0.1, -0.05) is 76.8 Å². The normalized spacial score (nSPS) is 10.9. The predicted octanol–water partition coefficient (Wildman–Crippen LogP) is 5.59. The average molecular weight is 416 g/mol. The highest BCUT2D eigenvalue weighted by Crippen LogP contribution is 2.24. The summed E-state index contributed by atoms with van der Waals surface area (Å²) in [5.74, 6) is 0.185. The molecular formula is C23H33N3O2S. The number of hydrogen-bond acceptors (Lipinski definition) is 4. The standard InChI is InChI=1S/C23H33N3O2S/c1-4-5-6-7-11-14-22(28)26(15-18(2)3)16-21(27)25-23-24-20(17-29-23)19-12-9-8-10-13-19/h8-10,12-13,17-18H,4-7,11,14-16H2,1-3H3,(H,24,25,27). The maximum Gasteiger partial charge on any atom is 0.245 e. The van der Waals surface area contributed by atoms with E-state index in [9.17, 15) is 9.59 Å². The van der Waals surface area contributed by atoms with Gasteiger partial charge >= 0.3 is 0 Å². The van der Waals surface area contributed by atoms with Gasteiger partial charge < -0.3 is 10.2 Å². The van der Waals surface area contributed by atoms with Crippen LogP contribution in [-0.2, 0) is 9.59 Å². The number of unbranched alkanes of at least 4 members (excludes halogenated alkanes) is 4.